The summed E-state index contributed by atoms with van der Waals surface area (Å²) in [6.07, 6.45) is 0.984. The zero-order chi connectivity index (χ0) is 10.6. The van der Waals surface area contributed by atoms with E-state index in [-0.39, 0.29) is 5.56 Å². The van der Waals surface area contributed by atoms with E-state index in [4.69, 9.17) is 5.11 Å². The highest BCUT2D eigenvalue weighted by Crippen LogP contribution is 2.09. The van der Waals surface area contributed by atoms with Crippen LogP contribution < -0.4 is 5.32 Å². The summed E-state index contributed by atoms with van der Waals surface area (Å²) < 4.78 is 0. The number of anilines is 1. The van der Waals surface area contributed by atoms with Gasteiger partial charge in [-0.1, -0.05) is 6.92 Å². The Hall–Kier alpha value is -1.58. The van der Waals surface area contributed by atoms with Gasteiger partial charge in [0.25, 0.3) is 0 Å². The normalized spacial score (nSPS) is 9.86. The summed E-state index contributed by atoms with van der Waals surface area (Å²) in [6.45, 7) is 4.62. The number of aromatic carboxylic acids is 1. The molecule has 0 unspecified atom stereocenters. The summed E-state index contributed by atoms with van der Waals surface area (Å²) in [5.74, 6) is -0.292. The molecule has 0 aromatic carbocycles. The molecule has 1 aromatic rings. The Morgan fingerprint density at radius 1 is 1.57 bits per heavy atom. The van der Waals surface area contributed by atoms with Gasteiger partial charge in [0.05, 0.1) is 5.56 Å². The van der Waals surface area contributed by atoms with Crippen LogP contribution in [0.2, 0.25) is 0 Å². The highest BCUT2D eigenvalue weighted by molar-refractivity contribution is 5.88. The topological polar surface area (TPSA) is 62.2 Å². The van der Waals surface area contributed by atoms with Gasteiger partial charge in [-0.2, -0.15) is 0 Å². The molecule has 1 aromatic heterocycles. The molecule has 0 radical (unpaired) electrons. The van der Waals surface area contributed by atoms with Crippen LogP contribution in [0.3, 0.4) is 0 Å². The molecule has 0 fully saturated rings. The second kappa shape index (κ2) is 4.60. The maximum atomic E-state index is 10.7. The smallest absolute Gasteiger partial charge is 0.335 e. The van der Waals surface area contributed by atoms with Crippen molar-refractivity contribution in [1.82, 2.24) is 4.98 Å². The number of carboxylic acids is 1. The highest BCUT2D eigenvalue weighted by atomic mass is 16.4. The SMILES string of the molecule is CCCNc1cc(C(=O)O)cc(C)n1. The number of nitrogens with zero attached hydrogens (tertiary/aromatic N) is 1. The lowest BCUT2D eigenvalue weighted by Gasteiger charge is -2.05. The Morgan fingerprint density at radius 3 is 2.86 bits per heavy atom. The number of aryl methyl sites for hydroxylation is 1. The molecule has 0 saturated heterocycles. The minimum Gasteiger partial charge on any atom is -0.478 e. The first-order chi connectivity index (χ1) is 6.63. The molecule has 0 aliphatic carbocycles. The fourth-order valence-corrected chi connectivity index (χ4v) is 1.14. The average Bonchev–Trinajstić information content (AvgIpc) is 2.14. The Morgan fingerprint density at radius 2 is 2.29 bits per heavy atom. The van der Waals surface area contributed by atoms with Crippen LogP contribution in [0.15, 0.2) is 12.1 Å². The van der Waals surface area contributed by atoms with Crippen LogP contribution in [0.25, 0.3) is 0 Å². The molecule has 14 heavy (non-hydrogen) atoms. The molecule has 0 atom stereocenters. The van der Waals surface area contributed by atoms with Crippen molar-refractivity contribution in [1.29, 1.82) is 0 Å². The number of carboxylic acid groups (broad SMARTS) is 1. The molecule has 0 amide bonds. The molecule has 4 nitrogen and oxygen atoms in total. The summed E-state index contributed by atoms with van der Waals surface area (Å²) in [7, 11) is 0. The fraction of sp³-hybridized carbons (Fsp3) is 0.400. The van der Waals surface area contributed by atoms with Gasteiger partial charge < -0.3 is 10.4 Å². The summed E-state index contributed by atoms with van der Waals surface area (Å²) in [6, 6.07) is 3.10. The third kappa shape index (κ3) is 2.73. The van der Waals surface area contributed by atoms with E-state index < -0.39 is 5.97 Å². The van der Waals surface area contributed by atoms with E-state index >= 15 is 0 Å². The first kappa shape index (κ1) is 10.5. The molecule has 4 heteroatoms. The summed E-state index contributed by atoms with van der Waals surface area (Å²) in [5.41, 5.74) is 0.986. The van der Waals surface area contributed by atoms with E-state index in [1.807, 2.05) is 6.92 Å². The van der Waals surface area contributed by atoms with E-state index in [2.05, 4.69) is 10.3 Å². The van der Waals surface area contributed by atoms with Crippen molar-refractivity contribution in [2.45, 2.75) is 20.3 Å². The van der Waals surface area contributed by atoms with E-state index in [1.54, 1.807) is 19.1 Å². The van der Waals surface area contributed by atoms with Gasteiger partial charge in [0.1, 0.15) is 5.82 Å². The number of aromatic nitrogens is 1. The molecule has 0 saturated carbocycles. The van der Waals surface area contributed by atoms with Crippen LogP contribution in [0, 0.1) is 6.92 Å². The molecule has 0 bridgehead atoms. The third-order valence-corrected chi connectivity index (χ3v) is 1.76. The lowest BCUT2D eigenvalue weighted by molar-refractivity contribution is 0.0696. The van der Waals surface area contributed by atoms with Crippen LogP contribution in [-0.4, -0.2) is 22.6 Å². The van der Waals surface area contributed by atoms with Crippen LogP contribution in [0.4, 0.5) is 5.82 Å². The van der Waals surface area contributed by atoms with Gasteiger partial charge in [0.15, 0.2) is 0 Å². The van der Waals surface area contributed by atoms with Crippen LogP contribution in [0.1, 0.15) is 29.4 Å². The van der Waals surface area contributed by atoms with E-state index in [9.17, 15) is 4.79 Å². The van der Waals surface area contributed by atoms with Gasteiger partial charge in [0, 0.05) is 12.2 Å². The monoisotopic (exact) mass is 194 g/mol. The second-order valence-electron chi connectivity index (χ2n) is 3.11. The molecular formula is C10H14N2O2. The Bertz CT molecular complexity index is 337. The van der Waals surface area contributed by atoms with Gasteiger partial charge >= 0.3 is 5.97 Å². The lowest BCUT2D eigenvalue weighted by Crippen LogP contribution is -2.05. The lowest BCUT2D eigenvalue weighted by atomic mass is 10.2. The Labute approximate surface area is 83.0 Å². The van der Waals surface area contributed by atoms with Gasteiger partial charge in [-0.15, -0.1) is 0 Å². The predicted octanol–water partition coefficient (Wildman–Crippen LogP) is 1.91. The van der Waals surface area contributed by atoms with Crippen LogP contribution in [0.5, 0.6) is 0 Å². The molecule has 76 valence electrons. The molecule has 1 heterocycles. The van der Waals surface area contributed by atoms with Crippen molar-refractivity contribution >= 4 is 11.8 Å². The molecule has 0 aliphatic rings. The highest BCUT2D eigenvalue weighted by Gasteiger charge is 2.05. The first-order valence-electron chi connectivity index (χ1n) is 4.59. The quantitative estimate of drug-likeness (QED) is 0.768. The summed E-state index contributed by atoms with van der Waals surface area (Å²) >= 11 is 0. The van der Waals surface area contributed by atoms with Gasteiger partial charge in [-0.05, 0) is 25.5 Å². The first-order valence-corrected chi connectivity index (χ1v) is 4.59. The molecule has 1 rings (SSSR count). The van der Waals surface area contributed by atoms with Gasteiger partial charge in [-0.3, -0.25) is 0 Å². The van der Waals surface area contributed by atoms with Gasteiger partial charge in [-0.25, -0.2) is 9.78 Å². The number of pyridine rings is 1. The van der Waals surface area contributed by atoms with E-state index in [0.717, 1.165) is 13.0 Å². The second-order valence-corrected chi connectivity index (χ2v) is 3.11. The van der Waals surface area contributed by atoms with Crippen LogP contribution in [-0.2, 0) is 0 Å². The van der Waals surface area contributed by atoms with Gasteiger partial charge in [0.2, 0.25) is 0 Å². The largest absolute Gasteiger partial charge is 0.478 e. The molecule has 2 N–H and O–H groups in total. The molecule has 0 spiro atoms. The van der Waals surface area contributed by atoms with Crippen LogP contribution >= 0.6 is 0 Å². The number of rotatable bonds is 4. The van der Waals surface area contributed by atoms with Crippen molar-refractivity contribution in [2.24, 2.45) is 0 Å². The maximum Gasteiger partial charge on any atom is 0.335 e. The zero-order valence-electron chi connectivity index (χ0n) is 8.37. The van der Waals surface area contributed by atoms with Crippen molar-refractivity contribution in [3.63, 3.8) is 0 Å². The average molecular weight is 194 g/mol. The van der Waals surface area contributed by atoms with Crippen molar-refractivity contribution in [2.75, 3.05) is 11.9 Å². The predicted molar refractivity (Wildman–Crippen MR) is 54.7 cm³/mol. The Kier molecular flexibility index (Phi) is 3.45. The number of hydrogen-bond donors (Lipinski definition) is 2. The summed E-state index contributed by atoms with van der Waals surface area (Å²) in [5, 5.41) is 11.9. The van der Waals surface area contributed by atoms with Crippen molar-refractivity contribution in [3.05, 3.63) is 23.4 Å². The number of hydrogen-bond acceptors (Lipinski definition) is 3. The van der Waals surface area contributed by atoms with E-state index in [1.165, 1.54) is 0 Å². The summed E-state index contributed by atoms with van der Waals surface area (Å²) in [4.78, 5) is 14.9. The van der Waals surface area contributed by atoms with E-state index in [0.29, 0.717) is 11.5 Å². The third-order valence-electron chi connectivity index (χ3n) is 1.76. The van der Waals surface area contributed by atoms with Crippen molar-refractivity contribution < 1.29 is 9.90 Å². The maximum absolute atomic E-state index is 10.7. The minimum absolute atomic E-state index is 0.274. The van der Waals surface area contributed by atoms with Crippen molar-refractivity contribution in [3.8, 4) is 0 Å². The Balaban J connectivity index is 2.89. The minimum atomic E-state index is -0.921. The number of carbonyl (C=O) groups is 1. The molecular weight excluding hydrogens is 180 g/mol. The standard InChI is InChI=1S/C10H14N2O2/c1-3-4-11-9-6-8(10(13)14)5-7(2)12-9/h5-6H,3-4H2,1-2H3,(H,11,12)(H,13,14). The molecule has 0 aliphatic heterocycles. The fourth-order valence-electron chi connectivity index (χ4n) is 1.14. The number of nitrogens with one attached hydrogen (secondary N) is 1. The zero-order valence-corrected chi connectivity index (χ0v) is 8.37.